The molecule has 2 saturated heterocycles. The summed E-state index contributed by atoms with van der Waals surface area (Å²) in [5.74, 6) is 3.18. The lowest BCUT2D eigenvalue weighted by molar-refractivity contribution is -0.148. The summed E-state index contributed by atoms with van der Waals surface area (Å²) in [5.41, 5.74) is 0. The van der Waals surface area contributed by atoms with E-state index >= 15 is 0 Å². The molecule has 0 N–H and O–H groups in total. The Morgan fingerprint density at radius 3 is 1.29 bits per heavy atom. The Morgan fingerprint density at radius 2 is 0.839 bits per heavy atom. The van der Waals surface area contributed by atoms with Gasteiger partial charge in [-0.2, -0.15) is 0 Å². The predicted octanol–water partition coefficient (Wildman–Crippen LogP) is 12.0. The number of carbonyl (C=O) groups is 4. The summed E-state index contributed by atoms with van der Waals surface area (Å²) >= 11 is 0. The van der Waals surface area contributed by atoms with E-state index in [0.29, 0.717) is 57.0 Å². The Balaban J connectivity index is 1.39. The Labute approximate surface area is 387 Å². The molecule has 0 aromatic heterocycles. The summed E-state index contributed by atoms with van der Waals surface area (Å²) < 4.78 is 22.0. The van der Waals surface area contributed by atoms with Gasteiger partial charge >= 0.3 is 23.9 Å². The molecular weight excluding hydrogens is 821 g/mol. The van der Waals surface area contributed by atoms with Crippen molar-refractivity contribution in [2.24, 2.45) is 17.8 Å². The van der Waals surface area contributed by atoms with Crippen molar-refractivity contribution in [2.75, 3.05) is 77.2 Å². The largest absolute Gasteiger partial charge is 0.466 e. The third-order valence-electron chi connectivity index (χ3n) is 12.8. The van der Waals surface area contributed by atoms with Crippen LogP contribution in [0.2, 0.25) is 0 Å². The lowest BCUT2D eigenvalue weighted by atomic mass is 9.94. The van der Waals surface area contributed by atoms with Crippen molar-refractivity contribution in [3.63, 3.8) is 0 Å². The quantitative estimate of drug-likeness (QED) is 0.0252. The molecule has 0 aromatic carbocycles. The summed E-state index contributed by atoms with van der Waals surface area (Å²) in [7, 11) is 3.98. The van der Waals surface area contributed by atoms with Crippen LogP contribution in [0.4, 0.5) is 0 Å². The van der Waals surface area contributed by atoms with Crippen LogP contribution in [0.5, 0.6) is 0 Å². The number of carbonyl (C=O) groups excluding carboxylic acids is 4. The van der Waals surface area contributed by atoms with E-state index in [1.807, 2.05) is 21.6 Å². The minimum atomic E-state index is -0.213. The molecule has 2 fully saturated rings. The van der Waals surface area contributed by atoms with Crippen LogP contribution < -0.4 is 0 Å². The van der Waals surface area contributed by atoms with Gasteiger partial charge < -0.3 is 28.7 Å². The second kappa shape index (κ2) is 39.8. The zero-order valence-corrected chi connectivity index (χ0v) is 41.6. The first kappa shape index (κ1) is 56.6. The molecule has 2 aliphatic rings. The number of piperidine rings is 2. The number of unbranched alkanes of at least 4 members (excludes halogenated alkanes) is 11. The first-order chi connectivity index (χ1) is 30.3. The second-order valence-corrected chi connectivity index (χ2v) is 20.9. The zero-order chi connectivity index (χ0) is 44.7. The SMILES string of the molecule is CCCCCCCCC(CCCCCC)COC(=O)CCCC(=O)OCCC1CCN(CCSSCCN2CCC(CCOC(=O)CCCC(=O)OCCCCCC)CC2)CC1. The number of esters is 4. The number of ether oxygens (including phenoxy) is 4. The Kier molecular flexibility index (Phi) is 36.4. The third kappa shape index (κ3) is 32.2. The van der Waals surface area contributed by atoms with Crippen LogP contribution in [0.15, 0.2) is 0 Å². The predicted molar refractivity (Wildman–Crippen MR) is 258 cm³/mol. The highest BCUT2D eigenvalue weighted by Gasteiger charge is 2.21. The van der Waals surface area contributed by atoms with Gasteiger partial charge in [-0.3, -0.25) is 19.2 Å². The maximum Gasteiger partial charge on any atom is 0.305 e. The number of hydrogen-bond donors (Lipinski definition) is 0. The Hall–Kier alpha value is -1.50. The molecule has 2 rings (SSSR count). The van der Waals surface area contributed by atoms with E-state index in [1.165, 1.54) is 70.6 Å². The van der Waals surface area contributed by atoms with Gasteiger partial charge in [-0.15, -0.1) is 0 Å². The van der Waals surface area contributed by atoms with Crippen LogP contribution >= 0.6 is 21.6 Å². The molecule has 0 amide bonds. The highest BCUT2D eigenvalue weighted by Crippen LogP contribution is 2.26. The molecule has 0 aromatic rings. The summed E-state index contributed by atoms with van der Waals surface area (Å²) in [6.45, 7) is 15.3. The average Bonchev–Trinajstić information content (AvgIpc) is 3.27. The smallest absolute Gasteiger partial charge is 0.305 e. The molecule has 2 heterocycles. The van der Waals surface area contributed by atoms with E-state index in [9.17, 15) is 19.2 Å². The Morgan fingerprint density at radius 1 is 0.468 bits per heavy atom. The van der Waals surface area contributed by atoms with E-state index in [-0.39, 0.29) is 49.6 Å². The molecule has 0 spiro atoms. The van der Waals surface area contributed by atoms with Crippen LogP contribution in [0.25, 0.3) is 0 Å². The van der Waals surface area contributed by atoms with Gasteiger partial charge in [-0.1, -0.05) is 126 Å². The average molecular weight is 913 g/mol. The maximum atomic E-state index is 12.5. The van der Waals surface area contributed by atoms with Gasteiger partial charge in [0.15, 0.2) is 0 Å². The van der Waals surface area contributed by atoms with Crippen molar-refractivity contribution >= 4 is 45.5 Å². The molecule has 0 radical (unpaired) electrons. The molecular formula is C50H92N2O8S2. The van der Waals surface area contributed by atoms with Gasteiger partial charge in [0.05, 0.1) is 26.4 Å². The van der Waals surface area contributed by atoms with Gasteiger partial charge in [-0.25, -0.2) is 0 Å². The Bertz CT molecular complexity index is 1120. The van der Waals surface area contributed by atoms with Crippen LogP contribution in [-0.4, -0.2) is 111 Å². The molecule has 62 heavy (non-hydrogen) atoms. The molecule has 10 nitrogen and oxygen atoms in total. The zero-order valence-electron chi connectivity index (χ0n) is 40.0. The van der Waals surface area contributed by atoms with E-state index in [4.69, 9.17) is 18.9 Å². The van der Waals surface area contributed by atoms with E-state index in [0.717, 1.165) is 121 Å². The topological polar surface area (TPSA) is 112 Å². The monoisotopic (exact) mass is 913 g/mol. The molecule has 2 aliphatic heterocycles. The molecule has 0 bridgehead atoms. The van der Waals surface area contributed by atoms with Gasteiger partial charge in [0.25, 0.3) is 0 Å². The van der Waals surface area contributed by atoms with Crippen LogP contribution in [-0.2, 0) is 38.1 Å². The standard InChI is InChI=1S/C50H92N2O8S2/c1-4-7-10-13-14-16-21-46(20-15-11-8-5-2)43-60-50(56)25-19-24-49(55)59-40-31-45-28-34-52(35-29-45)37-42-62-61-41-36-51-32-26-44(27-33-51)30-39-58-48(54)23-18-22-47(53)57-38-17-12-9-6-3/h44-46H,4-43H2,1-3H3. The highest BCUT2D eigenvalue weighted by molar-refractivity contribution is 8.76. The minimum absolute atomic E-state index is 0.177. The van der Waals surface area contributed by atoms with Gasteiger partial charge in [0.1, 0.15) is 0 Å². The van der Waals surface area contributed by atoms with Crippen molar-refractivity contribution in [1.29, 1.82) is 0 Å². The number of nitrogens with zero attached hydrogens (tertiary/aromatic N) is 2. The molecule has 362 valence electrons. The summed E-state index contributed by atoms with van der Waals surface area (Å²) in [5, 5.41) is 0. The summed E-state index contributed by atoms with van der Waals surface area (Å²) in [6, 6.07) is 0. The molecule has 0 aliphatic carbocycles. The van der Waals surface area contributed by atoms with Gasteiger partial charge in [0.2, 0.25) is 0 Å². The van der Waals surface area contributed by atoms with Crippen LogP contribution in [0, 0.1) is 17.8 Å². The fourth-order valence-electron chi connectivity index (χ4n) is 8.48. The number of rotatable bonds is 40. The highest BCUT2D eigenvalue weighted by atomic mass is 33.1. The summed E-state index contributed by atoms with van der Waals surface area (Å²) in [6.07, 6.45) is 28.0. The lowest BCUT2D eigenvalue weighted by Crippen LogP contribution is -2.36. The lowest BCUT2D eigenvalue weighted by Gasteiger charge is -2.32. The fraction of sp³-hybridized carbons (Fsp3) is 0.920. The van der Waals surface area contributed by atoms with Crippen molar-refractivity contribution in [2.45, 2.75) is 201 Å². The molecule has 0 saturated carbocycles. The van der Waals surface area contributed by atoms with Gasteiger partial charge in [0, 0.05) is 50.3 Å². The van der Waals surface area contributed by atoms with E-state index < -0.39 is 0 Å². The van der Waals surface area contributed by atoms with Crippen molar-refractivity contribution < 1.29 is 38.1 Å². The molecule has 1 unspecified atom stereocenters. The molecule has 12 heteroatoms. The van der Waals surface area contributed by atoms with Crippen LogP contribution in [0.3, 0.4) is 0 Å². The van der Waals surface area contributed by atoms with Crippen molar-refractivity contribution in [3.05, 3.63) is 0 Å². The minimum Gasteiger partial charge on any atom is -0.466 e. The van der Waals surface area contributed by atoms with Crippen molar-refractivity contribution in [3.8, 4) is 0 Å². The van der Waals surface area contributed by atoms with Crippen molar-refractivity contribution in [1.82, 2.24) is 9.80 Å². The fourth-order valence-corrected chi connectivity index (χ4v) is 10.5. The van der Waals surface area contributed by atoms with E-state index in [2.05, 4.69) is 30.6 Å². The first-order valence-corrected chi connectivity index (χ1v) is 28.1. The second-order valence-electron chi connectivity index (χ2n) is 18.2. The number of hydrogen-bond acceptors (Lipinski definition) is 12. The van der Waals surface area contributed by atoms with Crippen LogP contribution in [0.1, 0.15) is 201 Å². The first-order valence-electron chi connectivity index (χ1n) is 25.6. The van der Waals surface area contributed by atoms with Gasteiger partial charge in [-0.05, 0) is 115 Å². The van der Waals surface area contributed by atoms with E-state index in [1.54, 1.807) is 0 Å². The third-order valence-corrected chi connectivity index (χ3v) is 15.1. The summed E-state index contributed by atoms with van der Waals surface area (Å²) in [4.78, 5) is 53.9. The normalized spacial score (nSPS) is 16.0. The maximum absolute atomic E-state index is 12.5. The molecule has 1 atom stereocenters. The number of likely N-dealkylation sites (tertiary alicyclic amines) is 2.